The van der Waals surface area contributed by atoms with Crippen molar-refractivity contribution in [3.8, 4) is 5.75 Å². The van der Waals surface area contributed by atoms with Crippen LogP contribution in [0.2, 0.25) is 0 Å². The number of hydrogen-bond donors (Lipinski definition) is 2. The van der Waals surface area contributed by atoms with Gasteiger partial charge in [0.2, 0.25) is 0 Å². The fourth-order valence-electron chi connectivity index (χ4n) is 1.83. The number of carbonyl (C=O) groups excluding carboxylic acids is 1. The van der Waals surface area contributed by atoms with Gasteiger partial charge >= 0.3 is 0 Å². The van der Waals surface area contributed by atoms with Crippen molar-refractivity contribution in [1.82, 2.24) is 10.2 Å². The second kappa shape index (κ2) is 7.01. The molecule has 0 aromatic heterocycles. The van der Waals surface area contributed by atoms with Crippen LogP contribution in [0.1, 0.15) is 31.1 Å². The molecular weight excluding hydrogens is 228 g/mol. The van der Waals surface area contributed by atoms with Crippen LogP contribution in [0.25, 0.3) is 0 Å². The maximum absolute atomic E-state index is 11.9. The normalized spacial score (nSPS) is 12.4. The van der Waals surface area contributed by atoms with E-state index in [-0.39, 0.29) is 17.7 Å². The van der Waals surface area contributed by atoms with Crippen LogP contribution in [0.5, 0.6) is 5.75 Å². The number of aromatic hydroxyl groups is 1. The molecule has 1 rings (SSSR count). The summed E-state index contributed by atoms with van der Waals surface area (Å²) >= 11 is 0. The molecule has 18 heavy (non-hydrogen) atoms. The monoisotopic (exact) mass is 250 g/mol. The Morgan fingerprint density at radius 2 is 1.83 bits per heavy atom. The fraction of sp³-hybridized carbons (Fsp3) is 0.500. The van der Waals surface area contributed by atoms with Crippen LogP contribution in [0.15, 0.2) is 24.3 Å². The molecule has 0 radical (unpaired) electrons. The molecule has 2 N–H and O–H groups in total. The van der Waals surface area contributed by atoms with Crippen LogP contribution in [-0.4, -0.2) is 41.6 Å². The van der Waals surface area contributed by atoms with E-state index in [1.807, 2.05) is 6.92 Å². The first-order valence-corrected chi connectivity index (χ1v) is 6.39. The highest BCUT2D eigenvalue weighted by Gasteiger charge is 2.11. The highest BCUT2D eigenvalue weighted by Crippen LogP contribution is 2.09. The molecule has 4 heteroatoms. The zero-order valence-corrected chi connectivity index (χ0v) is 11.3. The largest absolute Gasteiger partial charge is 0.508 e. The zero-order chi connectivity index (χ0) is 13.5. The van der Waals surface area contributed by atoms with E-state index in [1.165, 1.54) is 12.1 Å². The number of nitrogens with zero attached hydrogens (tertiary/aromatic N) is 1. The van der Waals surface area contributed by atoms with Crippen molar-refractivity contribution in [2.75, 3.05) is 19.6 Å². The highest BCUT2D eigenvalue weighted by molar-refractivity contribution is 5.94. The minimum Gasteiger partial charge on any atom is -0.508 e. The second-order valence-electron chi connectivity index (χ2n) is 4.41. The Labute approximate surface area is 109 Å². The molecule has 0 aliphatic carbocycles. The molecule has 1 aromatic carbocycles. The van der Waals surface area contributed by atoms with Crippen molar-refractivity contribution in [2.45, 2.75) is 26.8 Å². The van der Waals surface area contributed by atoms with E-state index >= 15 is 0 Å². The number of benzene rings is 1. The fourth-order valence-corrected chi connectivity index (χ4v) is 1.83. The molecule has 0 aliphatic heterocycles. The lowest BCUT2D eigenvalue weighted by Gasteiger charge is -2.23. The van der Waals surface area contributed by atoms with Crippen molar-refractivity contribution < 1.29 is 9.90 Å². The third-order valence-corrected chi connectivity index (χ3v) is 2.93. The van der Waals surface area contributed by atoms with E-state index in [0.717, 1.165) is 19.6 Å². The van der Waals surface area contributed by atoms with E-state index in [2.05, 4.69) is 24.1 Å². The standard InChI is InChI=1S/C14H22N2O2/c1-4-16(5-2)10-11(3)15-14(18)12-6-8-13(17)9-7-12/h6-9,11,17H,4-5,10H2,1-3H3,(H,15,18). The zero-order valence-electron chi connectivity index (χ0n) is 11.3. The Hall–Kier alpha value is -1.55. The minimum absolute atomic E-state index is 0.102. The third kappa shape index (κ3) is 4.37. The highest BCUT2D eigenvalue weighted by atomic mass is 16.3. The molecule has 0 spiro atoms. The van der Waals surface area contributed by atoms with Gasteiger partial charge in [0.15, 0.2) is 0 Å². The number of carbonyl (C=O) groups is 1. The van der Waals surface area contributed by atoms with Crippen LogP contribution in [0.3, 0.4) is 0 Å². The summed E-state index contributed by atoms with van der Waals surface area (Å²) < 4.78 is 0. The average molecular weight is 250 g/mol. The van der Waals surface area contributed by atoms with E-state index in [1.54, 1.807) is 12.1 Å². The molecule has 1 atom stereocenters. The Morgan fingerprint density at radius 1 is 1.28 bits per heavy atom. The maximum atomic E-state index is 11.9. The van der Waals surface area contributed by atoms with Crippen molar-refractivity contribution in [3.05, 3.63) is 29.8 Å². The summed E-state index contributed by atoms with van der Waals surface area (Å²) in [5.74, 6) is 0.0670. The first-order valence-electron chi connectivity index (χ1n) is 6.39. The summed E-state index contributed by atoms with van der Waals surface area (Å²) in [7, 11) is 0. The number of likely N-dealkylation sites (N-methyl/N-ethyl adjacent to an activating group) is 1. The second-order valence-corrected chi connectivity index (χ2v) is 4.41. The Balaban J connectivity index is 2.51. The van der Waals surface area contributed by atoms with Crippen LogP contribution < -0.4 is 5.32 Å². The number of rotatable bonds is 6. The molecule has 4 nitrogen and oxygen atoms in total. The van der Waals surface area contributed by atoms with Gasteiger partial charge in [0.05, 0.1) is 0 Å². The number of nitrogens with one attached hydrogen (secondary N) is 1. The van der Waals surface area contributed by atoms with Gasteiger partial charge in [0, 0.05) is 18.2 Å². The topological polar surface area (TPSA) is 52.6 Å². The molecular formula is C14H22N2O2. The van der Waals surface area contributed by atoms with Gasteiger partial charge in [-0.25, -0.2) is 0 Å². The molecule has 1 unspecified atom stereocenters. The van der Waals surface area contributed by atoms with Crippen LogP contribution in [0.4, 0.5) is 0 Å². The summed E-state index contributed by atoms with van der Waals surface area (Å²) in [5.41, 5.74) is 0.569. The molecule has 0 fully saturated rings. The molecule has 0 saturated heterocycles. The third-order valence-electron chi connectivity index (χ3n) is 2.93. The maximum Gasteiger partial charge on any atom is 0.251 e. The lowest BCUT2D eigenvalue weighted by Crippen LogP contribution is -2.41. The predicted molar refractivity (Wildman–Crippen MR) is 72.8 cm³/mol. The summed E-state index contributed by atoms with van der Waals surface area (Å²) in [4.78, 5) is 14.2. The van der Waals surface area contributed by atoms with E-state index in [9.17, 15) is 4.79 Å². The molecule has 0 bridgehead atoms. The first-order chi connectivity index (χ1) is 8.56. The molecule has 1 aromatic rings. The van der Waals surface area contributed by atoms with Crippen LogP contribution in [-0.2, 0) is 0 Å². The predicted octanol–water partition coefficient (Wildman–Crippen LogP) is 1.85. The first kappa shape index (κ1) is 14.5. The van der Waals surface area contributed by atoms with Crippen molar-refractivity contribution >= 4 is 5.91 Å². The van der Waals surface area contributed by atoms with Crippen molar-refractivity contribution in [1.29, 1.82) is 0 Å². The van der Waals surface area contributed by atoms with Crippen LogP contribution in [0, 0.1) is 0 Å². The average Bonchev–Trinajstić information content (AvgIpc) is 2.36. The van der Waals surface area contributed by atoms with E-state index < -0.39 is 0 Å². The Bertz CT molecular complexity index is 372. The molecule has 1 amide bonds. The van der Waals surface area contributed by atoms with Gasteiger partial charge in [-0.15, -0.1) is 0 Å². The molecule has 0 saturated carbocycles. The molecule has 0 aliphatic rings. The van der Waals surface area contributed by atoms with Crippen molar-refractivity contribution in [2.24, 2.45) is 0 Å². The number of phenols is 1. The van der Waals surface area contributed by atoms with E-state index in [0.29, 0.717) is 5.56 Å². The summed E-state index contributed by atoms with van der Waals surface area (Å²) in [5, 5.41) is 12.1. The lowest BCUT2D eigenvalue weighted by atomic mass is 10.2. The quantitative estimate of drug-likeness (QED) is 0.810. The van der Waals surface area contributed by atoms with Crippen molar-refractivity contribution in [3.63, 3.8) is 0 Å². The number of phenolic OH excluding ortho intramolecular Hbond substituents is 1. The smallest absolute Gasteiger partial charge is 0.251 e. The SMILES string of the molecule is CCN(CC)CC(C)NC(=O)c1ccc(O)cc1. The van der Waals surface area contributed by atoms with Gasteiger partial charge in [-0.1, -0.05) is 13.8 Å². The summed E-state index contributed by atoms with van der Waals surface area (Å²) in [6.07, 6.45) is 0. The number of amides is 1. The Morgan fingerprint density at radius 3 is 2.33 bits per heavy atom. The van der Waals surface area contributed by atoms with Gasteiger partial charge in [0.25, 0.3) is 5.91 Å². The van der Waals surface area contributed by atoms with Gasteiger partial charge in [-0.3, -0.25) is 4.79 Å². The number of hydrogen-bond acceptors (Lipinski definition) is 3. The molecule has 100 valence electrons. The van der Waals surface area contributed by atoms with Gasteiger partial charge in [0.1, 0.15) is 5.75 Å². The lowest BCUT2D eigenvalue weighted by molar-refractivity contribution is 0.0930. The minimum atomic E-state index is -0.102. The van der Waals surface area contributed by atoms with Gasteiger partial charge in [-0.2, -0.15) is 0 Å². The van der Waals surface area contributed by atoms with Gasteiger partial charge in [-0.05, 0) is 44.3 Å². The molecule has 0 heterocycles. The van der Waals surface area contributed by atoms with Gasteiger partial charge < -0.3 is 15.3 Å². The summed E-state index contributed by atoms with van der Waals surface area (Å²) in [6, 6.07) is 6.38. The van der Waals surface area contributed by atoms with Crippen LogP contribution >= 0.6 is 0 Å². The summed E-state index contributed by atoms with van der Waals surface area (Å²) in [6.45, 7) is 9.02. The Kier molecular flexibility index (Phi) is 5.65. The van der Waals surface area contributed by atoms with E-state index in [4.69, 9.17) is 5.11 Å².